The van der Waals surface area contributed by atoms with Gasteiger partial charge in [0.25, 0.3) is 0 Å². The van der Waals surface area contributed by atoms with Gasteiger partial charge in [-0.15, -0.1) is 0 Å². The van der Waals surface area contributed by atoms with Crippen molar-refractivity contribution >= 4 is 23.9 Å². The second-order valence-electron chi connectivity index (χ2n) is 5.06. The summed E-state index contributed by atoms with van der Waals surface area (Å²) >= 11 is 0. The zero-order chi connectivity index (χ0) is 19.9. The maximum absolute atomic E-state index is 11.9. The highest BCUT2D eigenvalue weighted by Gasteiger charge is 2.30. The van der Waals surface area contributed by atoms with E-state index in [1.807, 2.05) is 0 Å². The van der Waals surface area contributed by atoms with Crippen molar-refractivity contribution in [3.05, 3.63) is 12.2 Å². The quantitative estimate of drug-likeness (QED) is 0.221. The van der Waals surface area contributed by atoms with Crippen LogP contribution >= 0.6 is 0 Å². The molecule has 148 valence electrons. The van der Waals surface area contributed by atoms with Crippen molar-refractivity contribution in [3.63, 3.8) is 0 Å². The van der Waals surface area contributed by atoms with E-state index in [0.29, 0.717) is 0 Å². The summed E-state index contributed by atoms with van der Waals surface area (Å²) < 4.78 is 19.5. The predicted molar refractivity (Wildman–Crippen MR) is 91.9 cm³/mol. The van der Waals surface area contributed by atoms with Gasteiger partial charge in [0, 0.05) is 0 Å². The molecule has 0 aromatic heterocycles. The molecule has 0 heterocycles. The van der Waals surface area contributed by atoms with E-state index in [-0.39, 0.29) is 39.3 Å². The van der Waals surface area contributed by atoms with E-state index in [1.54, 1.807) is 27.7 Å². The first kappa shape index (κ1) is 23.6. The van der Waals surface area contributed by atoms with E-state index in [0.717, 1.165) is 0 Å². The van der Waals surface area contributed by atoms with E-state index in [4.69, 9.17) is 18.9 Å². The Morgan fingerprint density at radius 1 is 0.577 bits per heavy atom. The Balaban J connectivity index is 4.93. The van der Waals surface area contributed by atoms with Crippen LogP contribution in [-0.4, -0.2) is 50.3 Å². The van der Waals surface area contributed by atoms with Crippen LogP contribution in [0, 0.1) is 11.8 Å². The van der Waals surface area contributed by atoms with Crippen molar-refractivity contribution in [3.8, 4) is 0 Å². The van der Waals surface area contributed by atoms with E-state index in [9.17, 15) is 19.2 Å². The Labute approximate surface area is 153 Å². The third-order valence-electron chi connectivity index (χ3n) is 3.19. The van der Waals surface area contributed by atoms with Crippen LogP contribution in [0.15, 0.2) is 12.2 Å². The summed E-state index contributed by atoms with van der Waals surface area (Å²) in [6.07, 6.45) is 3.14. The molecule has 8 nitrogen and oxygen atoms in total. The van der Waals surface area contributed by atoms with Gasteiger partial charge in [-0.1, -0.05) is 12.2 Å². The van der Waals surface area contributed by atoms with Gasteiger partial charge in [-0.3, -0.25) is 19.2 Å². The maximum atomic E-state index is 11.9. The minimum atomic E-state index is -1.09. The summed E-state index contributed by atoms with van der Waals surface area (Å²) in [5.74, 6) is -4.89. The second-order valence-corrected chi connectivity index (χ2v) is 5.06. The van der Waals surface area contributed by atoms with Crippen LogP contribution in [0.1, 0.15) is 40.5 Å². The summed E-state index contributed by atoms with van der Waals surface area (Å²) in [5.41, 5.74) is 0. The zero-order valence-corrected chi connectivity index (χ0v) is 15.8. The highest BCUT2D eigenvalue weighted by atomic mass is 16.6. The van der Waals surface area contributed by atoms with Crippen LogP contribution in [0.25, 0.3) is 0 Å². The van der Waals surface area contributed by atoms with E-state index in [1.165, 1.54) is 12.2 Å². The lowest BCUT2D eigenvalue weighted by Gasteiger charge is -2.13. The van der Waals surface area contributed by atoms with Gasteiger partial charge in [0.1, 0.15) is 0 Å². The highest BCUT2D eigenvalue weighted by molar-refractivity contribution is 5.95. The monoisotopic (exact) mass is 372 g/mol. The number of hydrogen-bond donors (Lipinski definition) is 0. The van der Waals surface area contributed by atoms with Crippen LogP contribution in [0.4, 0.5) is 0 Å². The summed E-state index contributed by atoms with van der Waals surface area (Å²) in [6, 6.07) is 0. The van der Waals surface area contributed by atoms with Gasteiger partial charge in [-0.25, -0.2) is 0 Å². The van der Waals surface area contributed by atoms with Crippen molar-refractivity contribution in [1.29, 1.82) is 0 Å². The second kappa shape index (κ2) is 13.9. The molecule has 0 aromatic rings. The van der Waals surface area contributed by atoms with E-state index >= 15 is 0 Å². The first-order chi connectivity index (χ1) is 12.4. The predicted octanol–water partition coefficient (Wildman–Crippen LogP) is 1.81. The molecule has 0 N–H and O–H groups in total. The molecule has 0 aliphatic heterocycles. The molecule has 0 unspecified atom stereocenters. The molecule has 26 heavy (non-hydrogen) atoms. The van der Waals surface area contributed by atoms with E-state index in [2.05, 4.69) is 0 Å². The summed E-state index contributed by atoms with van der Waals surface area (Å²) in [6.45, 7) is 7.13. The molecule has 0 aliphatic carbocycles. The minimum absolute atomic E-state index is 0.0377. The van der Waals surface area contributed by atoms with E-state index < -0.39 is 35.7 Å². The van der Waals surface area contributed by atoms with Crippen molar-refractivity contribution in [2.24, 2.45) is 11.8 Å². The maximum Gasteiger partial charge on any atom is 0.320 e. The number of rotatable bonds is 12. The molecule has 0 atom stereocenters. The van der Waals surface area contributed by atoms with Gasteiger partial charge >= 0.3 is 23.9 Å². The average Bonchev–Trinajstić information content (AvgIpc) is 2.58. The Hall–Kier alpha value is -2.38. The average molecular weight is 372 g/mol. The van der Waals surface area contributed by atoms with Gasteiger partial charge in [-0.2, -0.15) is 0 Å². The minimum Gasteiger partial charge on any atom is -0.465 e. The molecule has 0 radical (unpaired) electrons. The van der Waals surface area contributed by atoms with Gasteiger partial charge in [-0.05, 0) is 40.5 Å². The normalized spacial score (nSPS) is 10.8. The fourth-order valence-corrected chi connectivity index (χ4v) is 2.01. The Morgan fingerprint density at radius 3 is 1.00 bits per heavy atom. The topological polar surface area (TPSA) is 105 Å². The van der Waals surface area contributed by atoms with Crippen LogP contribution in [0.3, 0.4) is 0 Å². The van der Waals surface area contributed by atoms with Crippen molar-refractivity contribution in [2.45, 2.75) is 40.5 Å². The van der Waals surface area contributed by atoms with Crippen LogP contribution in [-0.2, 0) is 38.1 Å². The molecule has 0 saturated carbocycles. The van der Waals surface area contributed by atoms with Crippen LogP contribution in [0.2, 0.25) is 0 Å². The lowest BCUT2D eigenvalue weighted by atomic mass is 10.0. The first-order valence-corrected chi connectivity index (χ1v) is 8.74. The van der Waals surface area contributed by atoms with Crippen LogP contribution < -0.4 is 0 Å². The van der Waals surface area contributed by atoms with Crippen molar-refractivity contribution in [2.75, 3.05) is 26.4 Å². The number of carbonyl (C=O) groups is 4. The number of ether oxygens (including phenoxy) is 4. The fourth-order valence-electron chi connectivity index (χ4n) is 2.01. The summed E-state index contributed by atoms with van der Waals surface area (Å²) in [5, 5.41) is 0. The fraction of sp³-hybridized carbons (Fsp3) is 0.667. The molecular weight excluding hydrogens is 344 g/mol. The largest absolute Gasteiger partial charge is 0.465 e. The molecule has 0 aromatic carbocycles. The van der Waals surface area contributed by atoms with Crippen molar-refractivity contribution in [1.82, 2.24) is 0 Å². The molecular formula is C18H28O8. The number of carbonyl (C=O) groups excluding carboxylic acids is 4. The van der Waals surface area contributed by atoms with Gasteiger partial charge in [0.15, 0.2) is 11.8 Å². The first-order valence-electron chi connectivity index (χ1n) is 8.74. The number of hydrogen-bond acceptors (Lipinski definition) is 8. The lowest BCUT2D eigenvalue weighted by Crippen LogP contribution is -2.28. The Morgan fingerprint density at radius 2 is 0.808 bits per heavy atom. The molecule has 0 rings (SSSR count). The summed E-state index contributed by atoms with van der Waals surface area (Å²) in [7, 11) is 0. The molecule has 0 saturated heterocycles. The molecule has 0 amide bonds. The highest BCUT2D eigenvalue weighted by Crippen LogP contribution is 2.14. The molecule has 0 bridgehead atoms. The Bertz CT molecular complexity index is 417. The molecule has 0 spiro atoms. The SMILES string of the molecule is CCOC(=O)C(C/C=C/CC(C(=O)OCC)C(=O)OCC)C(=O)OCC. The molecule has 0 fully saturated rings. The molecule has 8 heteroatoms. The smallest absolute Gasteiger partial charge is 0.320 e. The molecule has 0 aliphatic rings. The lowest BCUT2D eigenvalue weighted by molar-refractivity contribution is -0.163. The Kier molecular flexibility index (Phi) is 12.6. The van der Waals surface area contributed by atoms with Gasteiger partial charge in [0.2, 0.25) is 0 Å². The van der Waals surface area contributed by atoms with Crippen molar-refractivity contribution < 1.29 is 38.1 Å². The van der Waals surface area contributed by atoms with Gasteiger partial charge < -0.3 is 18.9 Å². The standard InChI is InChI=1S/C18H28O8/c1-5-23-15(19)13(16(20)24-6-2)11-9-10-12-14(17(21)25-7-3)18(22)26-8-4/h9-10,13-14H,5-8,11-12H2,1-4H3/b10-9+. The number of allylic oxidation sites excluding steroid dienone is 2. The van der Waals surface area contributed by atoms with Crippen LogP contribution in [0.5, 0.6) is 0 Å². The van der Waals surface area contributed by atoms with Gasteiger partial charge in [0.05, 0.1) is 26.4 Å². The number of esters is 4. The zero-order valence-electron chi connectivity index (χ0n) is 15.8. The summed E-state index contributed by atoms with van der Waals surface area (Å²) in [4.78, 5) is 47.5. The third-order valence-corrected chi connectivity index (χ3v) is 3.19. The third kappa shape index (κ3) is 8.64.